The fraction of sp³-hybridized carbons (Fsp3) is 0.333. The van der Waals surface area contributed by atoms with E-state index < -0.39 is 28.5 Å². The second kappa shape index (κ2) is 13.6. The molecule has 9 heteroatoms. The predicted molar refractivity (Wildman–Crippen MR) is 156 cm³/mol. The lowest BCUT2D eigenvalue weighted by atomic mass is 10.1. The number of nitrogens with one attached hydrogen (secondary N) is 1. The number of amides is 2. The van der Waals surface area contributed by atoms with Gasteiger partial charge in [0.05, 0.1) is 10.6 Å². The molecule has 0 spiro atoms. The summed E-state index contributed by atoms with van der Waals surface area (Å²) in [4.78, 5) is 28.8. The fourth-order valence-electron chi connectivity index (χ4n) is 4.23. The number of carbonyl (C=O) groups excluding carboxylic acids is 2. The van der Waals surface area contributed by atoms with Crippen molar-refractivity contribution >= 4 is 39.1 Å². The lowest BCUT2D eigenvalue weighted by molar-refractivity contribution is -0.140. The molecule has 208 valence electrons. The van der Waals surface area contributed by atoms with Crippen molar-refractivity contribution in [2.75, 3.05) is 17.4 Å². The molecule has 1 atom stereocenters. The Morgan fingerprint density at radius 3 is 2.15 bits per heavy atom. The molecule has 0 saturated heterocycles. The van der Waals surface area contributed by atoms with Crippen LogP contribution in [-0.2, 0) is 26.2 Å². The van der Waals surface area contributed by atoms with E-state index in [-0.39, 0.29) is 23.3 Å². The topological polar surface area (TPSA) is 86.8 Å². The summed E-state index contributed by atoms with van der Waals surface area (Å²) in [6.07, 6.45) is 0.343. The van der Waals surface area contributed by atoms with Gasteiger partial charge in [-0.25, -0.2) is 8.42 Å². The smallest absolute Gasteiger partial charge is 0.264 e. The molecule has 0 aliphatic rings. The Kier molecular flexibility index (Phi) is 10.5. The number of hydrogen-bond acceptors (Lipinski definition) is 4. The quantitative estimate of drug-likeness (QED) is 0.315. The van der Waals surface area contributed by atoms with E-state index in [4.69, 9.17) is 11.6 Å². The highest BCUT2D eigenvalue weighted by atomic mass is 35.5. The van der Waals surface area contributed by atoms with Gasteiger partial charge in [0, 0.05) is 18.1 Å². The van der Waals surface area contributed by atoms with Gasteiger partial charge in [0.15, 0.2) is 0 Å². The van der Waals surface area contributed by atoms with E-state index in [2.05, 4.69) is 5.32 Å². The first-order chi connectivity index (χ1) is 18.6. The highest BCUT2D eigenvalue weighted by molar-refractivity contribution is 7.92. The van der Waals surface area contributed by atoms with E-state index in [1.165, 1.54) is 17.0 Å². The second-order valence-corrected chi connectivity index (χ2v) is 12.1. The first kappa shape index (κ1) is 30.2. The molecule has 3 rings (SSSR count). The predicted octanol–water partition coefficient (Wildman–Crippen LogP) is 5.42. The van der Waals surface area contributed by atoms with Crippen LogP contribution in [0.5, 0.6) is 0 Å². The Bertz CT molecular complexity index is 1380. The number of carbonyl (C=O) groups is 2. The Balaban J connectivity index is 2.06. The van der Waals surface area contributed by atoms with Gasteiger partial charge in [0.2, 0.25) is 11.8 Å². The SMILES string of the molecule is CC[C@H](C(=O)NCC(C)C)N(Cc1ccccc1Cl)C(=O)CN(c1ccccc1C)S(=O)(=O)c1ccccc1. The number of hydrogen-bond donors (Lipinski definition) is 1. The maximum Gasteiger partial charge on any atom is 0.264 e. The Morgan fingerprint density at radius 2 is 1.54 bits per heavy atom. The van der Waals surface area contributed by atoms with Crippen molar-refractivity contribution in [2.45, 2.75) is 51.6 Å². The van der Waals surface area contributed by atoms with E-state index in [9.17, 15) is 18.0 Å². The van der Waals surface area contributed by atoms with Crippen LogP contribution in [0, 0.1) is 12.8 Å². The molecule has 2 amide bonds. The van der Waals surface area contributed by atoms with Crippen LogP contribution in [0.25, 0.3) is 0 Å². The van der Waals surface area contributed by atoms with Crippen LogP contribution < -0.4 is 9.62 Å². The highest BCUT2D eigenvalue weighted by Crippen LogP contribution is 2.28. The Hall–Kier alpha value is -3.36. The minimum atomic E-state index is -4.10. The van der Waals surface area contributed by atoms with E-state index in [1.807, 2.05) is 32.9 Å². The fourth-order valence-corrected chi connectivity index (χ4v) is 5.92. The summed E-state index contributed by atoms with van der Waals surface area (Å²) in [5.41, 5.74) is 1.75. The summed E-state index contributed by atoms with van der Waals surface area (Å²) >= 11 is 6.43. The lowest BCUT2D eigenvalue weighted by Crippen LogP contribution is -2.52. The number of para-hydroxylation sites is 1. The minimum absolute atomic E-state index is 0.0547. The molecule has 3 aromatic carbocycles. The molecule has 0 saturated carbocycles. The van der Waals surface area contributed by atoms with E-state index in [0.29, 0.717) is 34.8 Å². The number of aryl methyl sites for hydroxylation is 1. The summed E-state index contributed by atoms with van der Waals surface area (Å²) in [5, 5.41) is 3.38. The van der Waals surface area contributed by atoms with Crippen molar-refractivity contribution in [1.29, 1.82) is 0 Å². The molecule has 7 nitrogen and oxygen atoms in total. The minimum Gasteiger partial charge on any atom is -0.354 e. The average Bonchev–Trinajstić information content (AvgIpc) is 2.92. The van der Waals surface area contributed by atoms with Gasteiger partial charge in [-0.05, 0) is 54.7 Å². The van der Waals surface area contributed by atoms with Gasteiger partial charge in [0.1, 0.15) is 12.6 Å². The number of sulfonamides is 1. The molecule has 0 fully saturated rings. The van der Waals surface area contributed by atoms with Crippen LogP contribution in [-0.4, -0.2) is 44.3 Å². The van der Waals surface area contributed by atoms with E-state index >= 15 is 0 Å². The van der Waals surface area contributed by atoms with Gasteiger partial charge in [-0.3, -0.25) is 13.9 Å². The summed E-state index contributed by atoms with van der Waals surface area (Å²) in [7, 11) is -4.10. The third-order valence-electron chi connectivity index (χ3n) is 6.36. The van der Waals surface area contributed by atoms with Gasteiger partial charge in [-0.2, -0.15) is 0 Å². The van der Waals surface area contributed by atoms with Crippen molar-refractivity contribution in [3.63, 3.8) is 0 Å². The van der Waals surface area contributed by atoms with Crippen molar-refractivity contribution in [2.24, 2.45) is 5.92 Å². The van der Waals surface area contributed by atoms with Gasteiger partial charge in [-0.15, -0.1) is 0 Å². The average molecular weight is 570 g/mol. The first-order valence-corrected chi connectivity index (χ1v) is 14.8. The van der Waals surface area contributed by atoms with E-state index in [0.717, 1.165) is 4.31 Å². The van der Waals surface area contributed by atoms with Crippen LogP contribution in [0.4, 0.5) is 5.69 Å². The Labute approximate surface area is 236 Å². The van der Waals surface area contributed by atoms with Gasteiger partial charge >= 0.3 is 0 Å². The third-order valence-corrected chi connectivity index (χ3v) is 8.51. The summed E-state index contributed by atoms with van der Waals surface area (Å²) in [6.45, 7) is 7.63. The van der Waals surface area contributed by atoms with Gasteiger partial charge < -0.3 is 10.2 Å². The van der Waals surface area contributed by atoms with Crippen molar-refractivity contribution in [3.05, 3.63) is 95.0 Å². The molecule has 0 bridgehead atoms. The molecular weight excluding hydrogens is 534 g/mol. The number of benzene rings is 3. The normalized spacial score (nSPS) is 12.2. The third kappa shape index (κ3) is 7.61. The zero-order chi connectivity index (χ0) is 28.6. The van der Waals surface area contributed by atoms with Crippen LogP contribution >= 0.6 is 11.6 Å². The van der Waals surface area contributed by atoms with Gasteiger partial charge in [-0.1, -0.05) is 87.0 Å². The lowest BCUT2D eigenvalue weighted by Gasteiger charge is -2.33. The summed E-state index contributed by atoms with van der Waals surface area (Å²) < 4.78 is 28.8. The number of nitrogens with zero attached hydrogens (tertiary/aromatic N) is 2. The van der Waals surface area contributed by atoms with Crippen molar-refractivity contribution in [1.82, 2.24) is 10.2 Å². The van der Waals surface area contributed by atoms with Crippen molar-refractivity contribution in [3.8, 4) is 0 Å². The monoisotopic (exact) mass is 569 g/mol. The molecule has 0 aliphatic carbocycles. The molecule has 0 aliphatic heterocycles. The highest BCUT2D eigenvalue weighted by Gasteiger charge is 2.34. The zero-order valence-corrected chi connectivity index (χ0v) is 24.4. The second-order valence-electron chi connectivity index (χ2n) is 9.79. The van der Waals surface area contributed by atoms with Crippen molar-refractivity contribution < 1.29 is 18.0 Å². The van der Waals surface area contributed by atoms with Crippen LogP contribution in [0.2, 0.25) is 5.02 Å². The van der Waals surface area contributed by atoms with Crippen LogP contribution in [0.3, 0.4) is 0 Å². The number of rotatable bonds is 12. The first-order valence-electron chi connectivity index (χ1n) is 13.0. The largest absolute Gasteiger partial charge is 0.354 e. The standard InChI is InChI=1S/C30H36ClN3O4S/c1-5-27(30(36)32-19-22(2)3)33(20-24-14-10-11-17-26(24)31)29(35)21-34(28-18-12-9-13-23(28)4)39(37,38)25-15-7-6-8-16-25/h6-18,22,27H,5,19-21H2,1-4H3,(H,32,36)/t27-/m1/s1. The number of halogens is 1. The Morgan fingerprint density at radius 1 is 0.923 bits per heavy atom. The maximum absolute atomic E-state index is 14.1. The summed E-state index contributed by atoms with van der Waals surface area (Å²) in [6, 6.07) is 21.3. The number of anilines is 1. The molecule has 39 heavy (non-hydrogen) atoms. The van der Waals surface area contributed by atoms with Gasteiger partial charge in [0.25, 0.3) is 10.0 Å². The maximum atomic E-state index is 14.1. The van der Waals surface area contributed by atoms with Crippen LogP contribution in [0.15, 0.2) is 83.8 Å². The molecular formula is C30H36ClN3O4S. The molecule has 0 heterocycles. The van der Waals surface area contributed by atoms with Crippen LogP contribution in [0.1, 0.15) is 38.3 Å². The molecule has 0 radical (unpaired) electrons. The molecule has 3 aromatic rings. The molecule has 0 unspecified atom stereocenters. The molecule has 1 N–H and O–H groups in total. The zero-order valence-electron chi connectivity index (χ0n) is 22.8. The molecule has 0 aromatic heterocycles. The summed E-state index contributed by atoms with van der Waals surface area (Å²) in [5.74, 6) is -0.573. The van der Waals surface area contributed by atoms with E-state index in [1.54, 1.807) is 61.5 Å².